The summed E-state index contributed by atoms with van der Waals surface area (Å²) in [5.74, 6) is 0. The Bertz CT molecular complexity index is 71.1. The van der Waals surface area contributed by atoms with Crippen LogP contribution in [-0.4, -0.2) is 41.2 Å². The Hall–Kier alpha value is 0.554. The van der Waals surface area contributed by atoms with E-state index in [-0.39, 0.29) is 27.8 Å². The fraction of sp³-hybridized carbons (Fsp3) is 0.923. The molecule has 1 atom stereocenters. The average molecular weight is 300 g/mol. The van der Waals surface area contributed by atoms with Gasteiger partial charge in [-0.1, -0.05) is 27.7 Å². The van der Waals surface area contributed by atoms with Gasteiger partial charge >= 0.3 is 0 Å². The van der Waals surface area contributed by atoms with Crippen LogP contribution in [0.3, 0.4) is 0 Å². The molecule has 0 aromatic rings. The van der Waals surface area contributed by atoms with Crippen molar-refractivity contribution in [2.24, 2.45) is 5.73 Å². The van der Waals surface area contributed by atoms with Crippen molar-refractivity contribution in [2.75, 3.05) is 19.8 Å². The summed E-state index contributed by atoms with van der Waals surface area (Å²) in [6.07, 6.45) is 3.46. The van der Waals surface area contributed by atoms with Crippen LogP contribution in [0.5, 0.6) is 0 Å². The molecule has 18 heavy (non-hydrogen) atoms. The summed E-state index contributed by atoms with van der Waals surface area (Å²) in [5.41, 5.74) is 5.23. The van der Waals surface area contributed by atoms with E-state index >= 15 is 0 Å². The summed E-state index contributed by atoms with van der Waals surface area (Å²) in [7, 11) is 0. The molecule has 0 saturated carbocycles. The Kier molecular flexibility index (Phi) is 74.7. The maximum Gasteiger partial charge on any atom is 0.0428 e. The first kappa shape index (κ1) is 31.1. The normalized spacial score (nSPS) is 9.17. The predicted octanol–water partition coefficient (Wildman–Crippen LogP) is 1.72. The number of rotatable bonds is 4. The summed E-state index contributed by atoms with van der Waals surface area (Å²) < 4.78 is 0. The minimum Gasteiger partial charge on any atom is -0.396 e. The molecular weight excluding hydrogens is 266 g/mol. The molecule has 0 amide bonds. The number of hydrogen-bond donors (Lipinski definition) is 4. The van der Waals surface area contributed by atoms with Gasteiger partial charge in [0, 0.05) is 41.5 Å². The quantitative estimate of drug-likeness (QED) is 0.470. The smallest absolute Gasteiger partial charge is 0.0428 e. The molecule has 0 aliphatic heterocycles. The van der Waals surface area contributed by atoms with Crippen LogP contribution in [0.15, 0.2) is 0 Å². The van der Waals surface area contributed by atoms with Crippen molar-refractivity contribution in [3.63, 3.8) is 0 Å². The molecule has 0 saturated heterocycles. The Morgan fingerprint density at radius 1 is 0.889 bits per heavy atom. The third kappa shape index (κ3) is 130. The Morgan fingerprint density at radius 3 is 1.00 bits per heavy atom. The standard InChI is InChI=1S/C4H10N.3C3H8O.Ti/c1-3-4(2)5;3*1-2-3-4;/h4H,1,3,5H2,2H3;3*4H,2-3H2,1H3;/q-1;;;;. The second-order valence-corrected chi connectivity index (χ2v) is 3.44. The molecule has 0 aromatic carbocycles. The number of aliphatic hydroxyl groups is 3. The van der Waals surface area contributed by atoms with E-state index in [0.29, 0.717) is 19.8 Å². The molecule has 0 aliphatic rings. The predicted molar refractivity (Wildman–Crippen MR) is 75.8 cm³/mol. The maximum atomic E-state index is 7.88. The Morgan fingerprint density at radius 2 is 1.00 bits per heavy atom. The van der Waals surface area contributed by atoms with Gasteiger partial charge in [0.15, 0.2) is 0 Å². The number of hydrogen-bond acceptors (Lipinski definition) is 4. The molecule has 0 aromatic heterocycles. The molecule has 0 fully saturated rings. The number of aliphatic hydroxyl groups excluding tert-OH is 3. The second-order valence-electron chi connectivity index (χ2n) is 3.44. The van der Waals surface area contributed by atoms with Gasteiger partial charge in [-0.05, 0) is 25.3 Å². The molecule has 1 unspecified atom stereocenters. The van der Waals surface area contributed by atoms with E-state index < -0.39 is 0 Å². The fourth-order valence-electron chi connectivity index (χ4n) is 0. The molecule has 0 bridgehead atoms. The molecule has 0 heterocycles. The molecule has 5 N–H and O–H groups in total. The zero-order chi connectivity index (χ0) is 14.5. The zero-order valence-electron chi connectivity index (χ0n) is 12.7. The summed E-state index contributed by atoms with van der Waals surface area (Å²) in [6, 6.07) is 0.273. The van der Waals surface area contributed by atoms with Gasteiger partial charge in [0.1, 0.15) is 0 Å². The summed E-state index contributed by atoms with van der Waals surface area (Å²) in [6.45, 7) is 12.2. The van der Waals surface area contributed by atoms with Crippen molar-refractivity contribution in [3.05, 3.63) is 6.92 Å². The number of nitrogens with two attached hydrogens (primary N) is 1. The van der Waals surface area contributed by atoms with E-state index in [0.717, 1.165) is 25.7 Å². The van der Waals surface area contributed by atoms with Gasteiger partial charge < -0.3 is 28.0 Å². The van der Waals surface area contributed by atoms with Gasteiger partial charge in [-0.3, -0.25) is 0 Å². The molecule has 114 valence electrons. The van der Waals surface area contributed by atoms with Gasteiger partial charge in [-0.25, -0.2) is 0 Å². The Balaban J connectivity index is -0.0000000412. The van der Waals surface area contributed by atoms with Crippen LogP contribution in [0.25, 0.3) is 0 Å². The summed E-state index contributed by atoms with van der Waals surface area (Å²) in [5, 5.41) is 23.6. The van der Waals surface area contributed by atoms with Crippen molar-refractivity contribution in [2.45, 2.75) is 59.4 Å². The molecule has 0 aliphatic carbocycles. The van der Waals surface area contributed by atoms with Gasteiger partial charge in [-0.2, -0.15) is 6.42 Å². The maximum absolute atomic E-state index is 7.88. The molecule has 0 radical (unpaired) electrons. The monoisotopic (exact) mass is 300 g/mol. The zero-order valence-corrected chi connectivity index (χ0v) is 14.2. The average Bonchev–Trinajstić information content (AvgIpc) is 2.39. The van der Waals surface area contributed by atoms with Crippen molar-refractivity contribution in [1.29, 1.82) is 0 Å². The van der Waals surface area contributed by atoms with Crippen molar-refractivity contribution in [3.8, 4) is 0 Å². The van der Waals surface area contributed by atoms with E-state index in [4.69, 9.17) is 21.1 Å². The van der Waals surface area contributed by atoms with E-state index in [2.05, 4.69) is 6.92 Å². The van der Waals surface area contributed by atoms with Gasteiger partial charge in [0.25, 0.3) is 0 Å². The van der Waals surface area contributed by atoms with Crippen LogP contribution in [0.1, 0.15) is 53.4 Å². The topological polar surface area (TPSA) is 86.7 Å². The van der Waals surface area contributed by atoms with E-state index in [1.807, 2.05) is 27.7 Å². The van der Waals surface area contributed by atoms with Crippen LogP contribution >= 0.6 is 0 Å². The van der Waals surface area contributed by atoms with E-state index in [9.17, 15) is 0 Å². The first-order valence-corrected chi connectivity index (χ1v) is 6.39. The molecule has 0 spiro atoms. The minimum absolute atomic E-state index is 0. The van der Waals surface area contributed by atoms with Crippen molar-refractivity contribution >= 4 is 0 Å². The van der Waals surface area contributed by atoms with Gasteiger partial charge in [0.05, 0.1) is 0 Å². The van der Waals surface area contributed by atoms with E-state index in [1.54, 1.807) is 0 Å². The molecule has 0 rings (SSSR count). The molecule has 4 nitrogen and oxygen atoms in total. The molecular formula is C13H34NO3Ti-. The third-order valence-electron chi connectivity index (χ3n) is 1.13. The van der Waals surface area contributed by atoms with E-state index in [1.165, 1.54) is 0 Å². The molecule has 5 heteroatoms. The first-order valence-electron chi connectivity index (χ1n) is 6.39. The largest absolute Gasteiger partial charge is 0.396 e. The van der Waals surface area contributed by atoms with Crippen LogP contribution in [0.2, 0.25) is 0 Å². The van der Waals surface area contributed by atoms with Crippen molar-refractivity contribution < 1.29 is 37.0 Å². The minimum atomic E-state index is 0. The summed E-state index contributed by atoms with van der Waals surface area (Å²) >= 11 is 0. The first-order chi connectivity index (χ1) is 8.01. The Labute approximate surface area is 129 Å². The van der Waals surface area contributed by atoms with Gasteiger partial charge in [0.2, 0.25) is 0 Å². The van der Waals surface area contributed by atoms with Crippen LogP contribution in [0.4, 0.5) is 0 Å². The van der Waals surface area contributed by atoms with Crippen LogP contribution in [-0.2, 0) is 21.7 Å². The third-order valence-corrected chi connectivity index (χ3v) is 1.13. The van der Waals surface area contributed by atoms with Crippen molar-refractivity contribution in [1.82, 2.24) is 0 Å². The van der Waals surface area contributed by atoms with Crippen LogP contribution in [0, 0.1) is 6.92 Å². The fourth-order valence-corrected chi connectivity index (χ4v) is 0. The van der Waals surface area contributed by atoms with Gasteiger partial charge in [-0.15, -0.1) is 0 Å². The second kappa shape index (κ2) is 43.2. The SMILES string of the molecule is CCCO.CCCO.CCCO.[CH2-]CC(C)N.[Ti]. The summed E-state index contributed by atoms with van der Waals surface area (Å²) in [4.78, 5) is 0. The van der Waals surface area contributed by atoms with Crippen LogP contribution < -0.4 is 5.73 Å².